The maximum absolute atomic E-state index is 12.2. The zero-order chi connectivity index (χ0) is 12.4. The highest BCUT2D eigenvalue weighted by molar-refractivity contribution is 5.97. The molecule has 0 bridgehead atoms. The van der Waals surface area contributed by atoms with Crippen molar-refractivity contribution in [2.24, 2.45) is 0 Å². The summed E-state index contributed by atoms with van der Waals surface area (Å²) in [5, 5.41) is 9.04. The number of amides is 1. The highest BCUT2D eigenvalue weighted by Gasteiger charge is 2.34. The van der Waals surface area contributed by atoms with Gasteiger partial charge in [0.15, 0.2) is 0 Å². The van der Waals surface area contributed by atoms with Crippen LogP contribution in [-0.4, -0.2) is 39.5 Å². The number of likely N-dealkylation sites (tertiary alicyclic amines) is 1. The van der Waals surface area contributed by atoms with Gasteiger partial charge in [-0.15, -0.1) is 0 Å². The van der Waals surface area contributed by atoms with Gasteiger partial charge in [-0.2, -0.15) is 0 Å². The van der Waals surface area contributed by atoms with Crippen molar-refractivity contribution in [1.29, 1.82) is 0 Å². The van der Waals surface area contributed by atoms with E-state index in [1.54, 1.807) is 12.3 Å². The molecule has 0 radical (unpaired) electrons. The Labute approximate surface area is 99.1 Å². The monoisotopic (exact) mass is 234 g/mol. The fourth-order valence-corrected chi connectivity index (χ4v) is 2.11. The summed E-state index contributed by atoms with van der Waals surface area (Å²) in [5.41, 5.74) is 1.31. The molecule has 1 aromatic heterocycles. The van der Waals surface area contributed by atoms with Crippen molar-refractivity contribution < 1.29 is 14.7 Å². The Morgan fingerprint density at radius 3 is 2.94 bits per heavy atom. The number of carbonyl (C=O) groups is 2. The Balaban J connectivity index is 2.26. The van der Waals surface area contributed by atoms with E-state index in [1.807, 2.05) is 6.92 Å². The Morgan fingerprint density at radius 1 is 1.53 bits per heavy atom. The van der Waals surface area contributed by atoms with Crippen LogP contribution in [0.5, 0.6) is 0 Å². The lowest BCUT2D eigenvalue weighted by atomic mass is 10.1. The van der Waals surface area contributed by atoms with Gasteiger partial charge in [0.1, 0.15) is 6.04 Å². The number of carboxylic acid groups (broad SMARTS) is 1. The first kappa shape index (κ1) is 11.6. The van der Waals surface area contributed by atoms with E-state index in [4.69, 9.17) is 5.11 Å². The van der Waals surface area contributed by atoms with Crippen LogP contribution in [0.25, 0.3) is 0 Å². The minimum absolute atomic E-state index is 0.236. The third-order valence-corrected chi connectivity index (χ3v) is 3.07. The molecule has 1 aromatic rings. The van der Waals surface area contributed by atoms with Gasteiger partial charge >= 0.3 is 5.97 Å². The van der Waals surface area contributed by atoms with Crippen LogP contribution in [0.3, 0.4) is 0 Å². The van der Waals surface area contributed by atoms with E-state index in [-0.39, 0.29) is 5.91 Å². The third kappa shape index (κ3) is 2.13. The molecule has 1 amide bonds. The van der Waals surface area contributed by atoms with Crippen LogP contribution in [0.2, 0.25) is 0 Å². The first-order valence-corrected chi connectivity index (χ1v) is 5.55. The molecular weight excluding hydrogens is 220 g/mol. The molecule has 1 N–H and O–H groups in total. The fourth-order valence-electron chi connectivity index (χ4n) is 2.11. The molecule has 5 heteroatoms. The summed E-state index contributed by atoms with van der Waals surface area (Å²) in [5.74, 6) is -1.17. The van der Waals surface area contributed by atoms with E-state index in [0.717, 1.165) is 12.0 Å². The Bertz CT molecular complexity index is 459. The van der Waals surface area contributed by atoms with Crippen molar-refractivity contribution in [1.82, 2.24) is 9.88 Å². The molecule has 1 aliphatic rings. The molecular formula is C12H14N2O3. The van der Waals surface area contributed by atoms with E-state index in [2.05, 4.69) is 4.98 Å². The number of carbonyl (C=O) groups excluding carboxylic acids is 1. The van der Waals surface area contributed by atoms with E-state index in [1.165, 1.54) is 11.1 Å². The second kappa shape index (κ2) is 4.53. The number of aromatic nitrogens is 1. The highest BCUT2D eigenvalue weighted by Crippen LogP contribution is 2.21. The zero-order valence-corrected chi connectivity index (χ0v) is 9.59. The SMILES string of the molecule is Cc1ccncc1C(=O)N1CCC[C@@H]1C(=O)O. The van der Waals surface area contributed by atoms with Gasteiger partial charge in [0.25, 0.3) is 5.91 Å². The number of hydrogen-bond acceptors (Lipinski definition) is 3. The second-order valence-electron chi connectivity index (χ2n) is 4.19. The van der Waals surface area contributed by atoms with Crippen molar-refractivity contribution in [3.8, 4) is 0 Å². The van der Waals surface area contributed by atoms with Crippen LogP contribution in [0.15, 0.2) is 18.5 Å². The highest BCUT2D eigenvalue weighted by atomic mass is 16.4. The molecule has 2 heterocycles. The molecule has 0 aromatic carbocycles. The standard InChI is InChI=1S/C12H14N2O3/c1-8-4-5-13-7-9(8)11(15)14-6-2-3-10(14)12(16)17/h4-5,7,10H,2-3,6H2,1H3,(H,16,17)/t10-/m1/s1. The lowest BCUT2D eigenvalue weighted by Gasteiger charge is -2.21. The van der Waals surface area contributed by atoms with Crippen molar-refractivity contribution in [2.45, 2.75) is 25.8 Å². The fraction of sp³-hybridized carbons (Fsp3) is 0.417. The summed E-state index contributed by atoms with van der Waals surface area (Å²) in [6.45, 7) is 2.32. The van der Waals surface area contributed by atoms with Gasteiger partial charge in [0.05, 0.1) is 5.56 Å². The first-order chi connectivity index (χ1) is 8.11. The van der Waals surface area contributed by atoms with E-state index < -0.39 is 12.0 Å². The predicted molar refractivity (Wildman–Crippen MR) is 60.7 cm³/mol. The number of aryl methyl sites for hydroxylation is 1. The average Bonchev–Trinajstić information content (AvgIpc) is 2.77. The molecule has 0 saturated carbocycles. The lowest BCUT2D eigenvalue weighted by molar-refractivity contribution is -0.141. The summed E-state index contributed by atoms with van der Waals surface area (Å²) in [4.78, 5) is 28.6. The second-order valence-corrected chi connectivity index (χ2v) is 4.19. The quantitative estimate of drug-likeness (QED) is 0.831. The van der Waals surface area contributed by atoms with Crippen LogP contribution in [0.4, 0.5) is 0 Å². The number of hydrogen-bond donors (Lipinski definition) is 1. The van der Waals surface area contributed by atoms with Gasteiger partial charge in [-0.1, -0.05) is 0 Å². The molecule has 0 unspecified atom stereocenters. The van der Waals surface area contributed by atoms with Crippen LogP contribution in [0.1, 0.15) is 28.8 Å². The summed E-state index contributed by atoms with van der Waals surface area (Å²) < 4.78 is 0. The molecule has 1 aliphatic heterocycles. The van der Waals surface area contributed by atoms with Gasteiger partial charge in [0.2, 0.25) is 0 Å². The summed E-state index contributed by atoms with van der Waals surface area (Å²) >= 11 is 0. The normalized spacial score (nSPS) is 19.4. The van der Waals surface area contributed by atoms with E-state index in [9.17, 15) is 9.59 Å². The largest absolute Gasteiger partial charge is 0.480 e. The van der Waals surface area contributed by atoms with Crippen LogP contribution >= 0.6 is 0 Å². The predicted octanol–water partition coefficient (Wildman–Crippen LogP) is 1.08. The molecule has 90 valence electrons. The summed E-state index contributed by atoms with van der Waals surface area (Å²) in [6, 6.07) is 1.06. The Kier molecular flexibility index (Phi) is 3.08. The molecule has 5 nitrogen and oxygen atoms in total. The molecule has 2 rings (SSSR count). The molecule has 0 aliphatic carbocycles. The van der Waals surface area contributed by atoms with Crippen molar-refractivity contribution in [2.75, 3.05) is 6.54 Å². The van der Waals surface area contributed by atoms with Gasteiger partial charge in [-0.25, -0.2) is 4.79 Å². The number of aliphatic carboxylic acids is 1. The van der Waals surface area contributed by atoms with Crippen LogP contribution in [0, 0.1) is 6.92 Å². The number of rotatable bonds is 2. The minimum Gasteiger partial charge on any atom is -0.480 e. The summed E-state index contributed by atoms with van der Waals surface area (Å²) in [6.07, 6.45) is 4.38. The average molecular weight is 234 g/mol. The smallest absolute Gasteiger partial charge is 0.326 e. The molecule has 0 spiro atoms. The maximum atomic E-state index is 12.2. The maximum Gasteiger partial charge on any atom is 0.326 e. The van der Waals surface area contributed by atoms with Crippen molar-refractivity contribution >= 4 is 11.9 Å². The van der Waals surface area contributed by atoms with Crippen molar-refractivity contribution in [3.05, 3.63) is 29.6 Å². The number of nitrogens with zero attached hydrogens (tertiary/aromatic N) is 2. The first-order valence-electron chi connectivity index (χ1n) is 5.55. The van der Waals surface area contributed by atoms with Crippen molar-refractivity contribution in [3.63, 3.8) is 0 Å². The third-order valence-electron chi connectivity index (χ3n) is 3.07. The van der Waals surface area contributed by atoms with Crippen LogP contribution in [-0.2, 0) is 4.79 Å². The van der Waals surface area contributed by atoms with E-state index >= 15 is 0 Å². The number of pyridine rings is 1. The molecule has 1 fully saturated rings. The van der Waals surface area contributed by atoms with Gasteiger partial charge < -0.3 is 10.0 Å². The van der Waals surface area contributed by atoms with Gasteiger partial charge in [-0.05, 0) is 31.4 Å². The summed E-state index contributed by atoms with van der Waals surface area (Å²) in [7, 11) is 0. The molecule has 1 saturated heterocycles. The molecule has 1 atom stereocenters. The lowest BCUT2D eigenvalue weighted by Crippen LogP contribution is -2.40. The zero-order valence-electron chi connectivity index (χ0n) is 9.59. The van der Waals surface area contributed by atoms with Gasteiger partial charge in [-0.3, -0.25) is 9.78 Å². The van der Waals surface area contributed by atoms with Gasteiger partial charge in [0, 0.05) is 18.9 Å². The van der Waals surface area contributed by atoms with E-state index in [0.29, 0.717) is 18.5 Å². The van der Waals surface area contributed by atoms with Crippen LogP contribution < -0.4 is 0 Å². The topological polar surface area (TPSA) is 70.5 Å². The number of carboxylic acids is 1. The minimum atomic E-state index is -0.933. The Hall–Kier alpha value is -1.91. The Morgan fingerprint density at radius 2 is 2.29 bits per heavy atom. The molecule has 17 heavy (non-hydrogen) atoms.